The van der Waals surface area contributed by atoms with Crippen molar-refractivity contribution in [1.82, 2.24) is 5.32 Å². The first-order chi connectivity index (χ1) is 14.8. The fourth-order valence-electron chi connectivity index (χ4n) is 2.93. The van der Waals surface area contributed by atoms with E-state index in [1.807, 2.05) is 38.1 Å². The third-order valence-corrected chi connectivity index (χ3v) is 6.26. The molecule has 0 aliphatic rings. The van der Waals surface area contributed by atoms with E-state index in [2.05, 4.69) is 10.0 Å². The maximum absolute atomic E-state index is 12.6. The molecule has 0 fully saturated rings. The van der Waals surface area contributed by atoms with E-state index in [0.717, 1.165) is 11.3 Å². The van der Waals surface area contributed by atoms with Gasteiger partial charge >= 0.3 is 0 Å². The molecule has 0 saturated carbocycles. The van der Waals surface area contributed by atoms with E-state index in [-0.39, 0.29) is 27.6 Å². The maximum atomic E-state index is 12.6. The number of rotatable bonds is 8. The molecule has 0 bridgehead atoms. The predicted octanol–water partition coefficient (Wildman–Crippen LogP) is 5.03. The number of amides is 1. The third-order valence-electron chi connectivity index (χ3n) is 4.57. The fraction of sp³-hybridized carbons (Fsp3) is 0.174. The van der Waals surface area contributed by atoms with Crippen LogP contribution >= 0.6 is 11.6 Å². The Morgan fingerprint density at radius 2 is 1.71 bits per heavy atom. The molecule has 3 aromatic rings. The SMILES string of the molecule is CCOc1ccc([C@H](C)NC(=O)c2ccc(NS(=O)(=O)c3ccccc3)c(Cl)c2)cc1. The Balaban J connectivity index is 1.69. The quantitative estimate of drug-likeness (QED) is 0.495. The first-order valence-corrected chi connectivity index (χ1v) is 11.6. The highest BCUT2D eigenvalue weighted by Crippen LogP contribution is 2.26. The molecule has 0 unspecified atom stereocenters. The number of halogens is 1. The molecule has 1 atom stereocenters. The van der Waals surface area contributed by atoms with E-state index < -0.39 is 10.0 Å². The van der Waals surface area contributed by atoms with E-state index in [4.69, 9.17) is 16.3 Å². The highest BCUT2D eigenvalue weighted by atomic mass is 35.5. The lowest BCUT2D eigenvalue weighted by molar-refractivity contribution is 0.0940. The lowest BCUT2D eigenvalue weighted by atomic mass is 10.1. The van der Waals surface area contributed by atoms with Gasteiger partial charge in [0.25, 0.3) is 15.9 Å². The van der Waals surface area contributed by atoms with Gasteiger partial charge < -0.3 is 10.1 Å². The van der Waals surface area contributed by atoms with Crippen LogP contribution in [0.15, 0.2) is 77.7 Å². The summed E-state index contributed by atoms with van der Waals surface area (Å²) in [4.78, 5) is 12.8. The molecule has 0 heterocycles. The van der Waals surface area contributed by atoms with Crippen molar-refractivity contribution in [3.63, 3.8) is 0 Å². The summed E-state index contributed by atoms with van der Waals surface area (Å²) in [6.07, 6.45) is 0. The molecular formula is C23H23ClN2O4S. The van der Waals surface area contributed by atoms with E-state index in [0.29, 0.717) is 12.2 Å². The van der Waals surface area contributed by atoms with Gasteiger partial charge in [0, 0.05) is 5.56 Å². The molecule has 31 heavy (non-hydrogen) atoms. The van der Waals surface area contributed by atoms with Gasteiger partial charge in [0.05, 0.1) is 28.3 Å². The highest BCUT2D eigenvalue weighted by Gasteiger charge is 2.17. The van der Waals surface area contributed by atoms with Crippen molar-refractivity contribution >= 4 is 33.2 Å². The molecule has 0 aliphatic carbocycles. The second-order valence-corrected chi connectivity index (χ2v) is 8.90. The Bertz CT molecular complexity index is 1150. The zero-order chi connectivity index (χ0) is 22.4. The normalized spacial score (nSPS) is 12.1. The molecule has 0 radical (unpaired) electrons. The van der Waals surface area contributed by atoms with Crippen molar-refractivity contribution in [3.8, 4) is 5.75 Å². The first-order valence-electron chi connectivity index (χ1n) is 9.71. The van der Waals surface area contributed by atoms with Crippen LogP contribution in [0.2, 0.25) is 5.02 Å². The van der Waals surface area contributed by atoms with E-state index in [1.54, 1.807) is 18.2 Å². The van der Waals surface area contributed by atoms with E-state index in [9.17, 15) is 13.2 Å². The average molecular weight is 459 g/mol. The van der Waals surface area contributed by atoms with Gasteiger partial charge in [-0.25, -0.2) is 8.42 Å². The van der Waals surface area contributed by atoms with Gasteiger partial charge in [-0.2, -0.15) is 0 Å². The van der Waals surface area contributed by atoms with Gasteiger partial charge in [-0.3, -0.25) is 9.52 Å². The molecule has 0 spiro atoms. The van der Waals surface area contributed by atoms with Crippen LogP contribution in [0.5, 0.6) is 5.75 Å². The van der Waals surface area contributed by atoms with Crippen LogP contribution in [0, 0.1) is 0 Å². The summed E-state index contributed by atoms with van der Waals surface area (Å²) in [5, 5.41) is 3.03. The zero-order valence-electron chi connectivity index (χ0n) is 17.1. The van der Waals surface area contributed by atoms with Crippen LogP contribution in [-0.4, -0.2) is 20.9 Å². The zero-order valence-corrected chi connectivity index (χ0v) is 18.7. The molecule has 0 saturated heterocycles. The summed E-state index contributed by atoms with van der Waals surface area (Å²) >= 11 is 6.25. The van der Waals surface area contributed by atoms with Gasteiger partial charge in [0.2, 0.25) is 0 Å². The number of anilines is 1. The molecule has 6 nitrogen and oxygen atoms in total. The van der Waals surface area contributed by atoms with Crippen LogP contribution < -0.4 is 14.8 Å². The Hall–Kier alpha value is -3.03. The topological polar surface area (TPSA) is 84.5 Å². The number of carbonyl (C=O) groups is 1. The largest absolute Gasteiger partial charge is 0.494 e. The summed E-state index contributed by atoms with van der Waals surface area (Å²) in [5.74, 6) is 0.450. The van der Waals surface area contributed by atoms with Crippen LogP contribution in [-0.2, 0) is 10.0 Å². The van der Waals surface area contributed by atoms with Crippen LogP contribution in [0.25, 0.3) is 0 Å². The molecule has 3 aromatic carbocycles. The lowest BCUT2D eigenvalue weighted by Crippen LogP contribution is -2.26. The van der Waals surface area contributed by atoms with Gasteiger partial charge in [-0.15, -0.1) is 0 Å². The van der Waals surface area contributed by atoms with Crippen molar-refractivity contribution in [2.24, 2.45) is 0 Å². The first kappa shape index (κ1) is 22.7. The second-order valence-electron chi connectivity index (χ2n) is 6.81. The average Bonchev–Trinajstić information content (AvgIpc) is 2.76. The molecule has 2 N–H and O–H groups in total. The maximum Gasteiger partial charge on any atom is 0.261 e. The molecule has 8 heteroatoms. The standard InChI is InChI=1S/C23H23ClN2O4S/c1-3-30-19-12-9-17(10-13-19)16(2)25-23(27)18-11-14-22(21(24)15-18)26-31(28,29)20-7-5-4-6-8-20/h4-16,26H,3H2,1-2H3,(H,25,27)/t16-/m0/s1. The highest BCUT2D eigenvalue weighted by molar-refractivity contribution is 7.92. The van der Waals surface area contributed by atoms with Gasteiger partial charge in [-0.1, -0.05) is 41.9 Å². The van der Waals surface area contributed by atoms with Gasteiger partial charge in [-0.05, 0) is 61.9 Å². The minimum Gasteiger partial charge on any atom is -0.494 e. The molecule has 0 aromatic heterocycles. The summed E-state index contributed by atoms with van der Waals surface area (Å²) in [7, 11) is -3.78. The van der Waals surface area contributed by atoms with Crippen molar-refractivity contribution in [1.29, 1.82) is 0 Å². The predicted molar refractivity (Wildman–Crippen MR) is 122 cm³/mol. The minimum absolute atomic E-state index is 0.122. The van der Waals surface area contributed by atoms with Crippen molar-refractivity contribution in [2.75, 3.05) is 11.3 Å². The number of benzene rings is 3. The molecule has 3 rings (SSSR count). The van der Waals surface area contributed by atoms with Crippen LogP contribution in [0.1, 0.15) is 35.8 Å². The Morgan fingerprint density at radius 3 is 2.32 bits per heavy atom. The number of hydrogen-bond donors (Lipinski definition) is 2. The summed E-state index contributed by atoms with van der Waals surface area (Å²) in [6.45, 7) is 4.38. The molecule has 162 valence electrons. The van der Waals surface area contributed by atoms with Crippen LogP contribution in [0.3, 0.4) is 0 Å². The summed E-state index contributed by atoms with van der Waals surface area (Å²) in [6, 6.07) is 19.7. The Morgan fingerprint density at radius 1 is 1.03 bits per heavy atom. The summed E-state index contributed by atoms with van der Waals surface area (Å²) in [5.41, 5.74) is 1.45. The number of sulfonamides is 1. The van der Waals surface area contributed by atoms with Gasteiger partial charge in [0.15, 0.2) is 0 Å². The Kier molecular flexibility index (Phi) is 7.20. The van der Waals surface area contributed by atoms with E-state index >= 15 is 0 Å². The smallest absolute Gasteiger partial charge is 0.261 e. The van der Waals surface area contributed by atoms with Crippen molar-refractivity contribution in [3.05, 3.63) is 88.9 Å². The summed E-state index contributed by atoms with van der Waals surface area (Å²) < 4.78 is 32.8. The molecular weight excluding hydrogens is 436 g/mol. The molecule has 0 aliphatic heterocycles. The van der Waals surface area contributed by atoms with Crippen molar-refractivity contribution < 1.29 is 17.9 Å². The second kappa shape index (κ2) is 9.85. The van der Waals surface area contributed by atoms with E-state index in [1.165, 1.54) is 30.3 Å². The number of ether oxygens (including phenoxy) is 1. The lowest BCUT2D eigenvalue weighted by Gasteiger charge is -2.16. The third kappa shape index (κ3) is 5.77. The monoisotopic (exact) mass is 458 g/mol. The van der Waals surface area contributed by atoms with Crippen LogP contribution in [0.4, 0.5) is 5.69 Å². The minimum atomic E-state index is -3.78. The number of hydrogen-bond acceptors (Lipinski definition) is 4. The van der Waals surface area contributed by atoms with Gasteiger partial charge in [0.1, 0.15) is 5.75 Å². The number of carbonyl (C=O) groups excluding carboxylic acids is 1. The molecule has 1 amide bonds. The number of nitrogens with one attached hydrogen (secondary N) is 2. The Labute approximate surface area is 187 Å². The van der Waals surface area contributed by atoms with Crippen molar-refractivity contribution in [2.45, 2.75) is 24.8 Å². The fourth-order valence-corrected chi connectivity index (χ4v) is 4.31.